The van der Waals surface area contributed by atoms with E-state index in [2.05, 4.69) is 4.98 Å². The second-order valence-electron chi connectivity index (χ2n) is 6.14. The minimum Gasteiger partial charge on any atom is -0.394 e. The number of hydrogen-bond donors (Lipinski definition) is 1. The SMILES string of the molecule is O=c1n([C@@H]2CC[C@H](CO)O2)ccc2nc(-c3ccc([N+](=O)[O-])cc3)cn12. The molecule has 1 aliphatic rings. The Labute approximate surface area is 147 Å². The Bertz CT molecular complexity index is 1020. The molecule has 2 aromatic heterocycles. The van der Waals surface area contributed by atoms with Crippen molar-refractivity contribution in [1.82, 2.24) is 14.0 Å². The molecule has 4 rings (SSSR count). The fourth-order valence-corrected chi connectivity index (χ4v) is 3.14. The van der Waals surface area contributed by atoms with E-state index in [0.29, 0.717) is 29.7 Å². The van der Waals surface area contributed by atoms with E-state index in [-0.39, 0.29) is 24.1 Å². The van der Waals surface area contributed by atoms with Crippen molar-refractivity contribution < 1.29 is 14.8 Å². The van der Waals surface area contributed by atoms with E-state index in [1.165, 1.54) is 21.1 Å². The second kappa shape index (κ2) is 6.36. The number of aromatic nitrogens is 3. The predicted octanol–water partition coefficient (Wildman–Crippen LogP) is 1.74. The monoisotopic (exact) mass is 356 g/mol. The molecular weight excluding hydrogens is 340 g/mol. The number of ether oxygens (including phenoxy) is 1. The van der Waals surface area contributed by atoms with Crippen molar-refractivity contribution >= 4 is 11.3 Å². The van der Waals surface area contributed by atoms with Crippen LogP contribution in [0.3, 0.4) is 0 Å². The minimum atomic E-state index is -0.465. The third-order valence-electron chi connectivity index (χ3n) is 4.52. The van der Waals surface area contributed by atoms with Gasteiger partial charge in [-0.3, -0.25) is 19.1 Å². The Morgan fingerprint density at radius 3 is 2.69 bits per heavy atom. The van der Waals surface area contributed by atoms with Gasteiger partial charge in [0.2, 0.25) is 0 Å². The van der Waals surface area contributed by atoms with E-state index < -0.39 is 11.2 Å². The van der Waals surface area contributed by atoms with Crippen LogP contribution in [0.5, 0.6) is 0 Å². The van der Waals surface area contributed by atoms with Crippen LogP contribution in [-0.4, -0.2) is 36.7 Å². The predicted molar refractivity (Wildman–Crippen MR) is 91.8 cm³/mol. The molecule has 1 fully saturated rings. The molecule has 0 spiro atoms. The lowest BCUT2D eigenvalue weighted by molar-refractivity contribution is -0.384. The Hall–Kier alpha value is -3.04. The summed E-state index contributed by atoms with van der Waals surface area (Å²) in [7, 11) is 0. The molecule has 1 saturated heterocycles. The van der Waals surface area contributed by atoms with Gasteiger partial charge >= 0.3 is 5.69 Å². The van der Waals surface area contributed by atoms with Crippen molar-refractivity contribution in [3.8, 4) is 11.3 Å². The van der Waals surface area contributed by atoms with E-state index in [1.54, 1.807) is 30.6 Å². The molecule has 2 atom stereocenters. The van der Waals surface area contributed by atoms with Crippen molar-refractivity contribution in [2.24, 2.45) is 0 Å². The number of nitrogens with zero attached hydrogens (tertiary/aromatic N) is 4. The summed E-state index contributed by atoms with van der Waals surface area (Å²) < 4.78 is 8.58. The topological polar surface area (TPSA) is 112 Å². The van der Waals surface area contributed by atoms with Crippen molar-refractivity contribution in [3.63, 3.8) is 0 Å². The van der Waals surface area contributed by atoms with Crippen LogP contribution in [-0.2, 0) is 4.74 Å². The molecular formula is C17H16N4O5. The molecule has 1 aliphatic heterocycles. The Balaban J connectivity index is 1.70. The molecule has 134 valence electrons. The van der Waals surface area contributed by atoms with Crippen LogP contribution >= 0.6 is 0 Å². The molecule has 0 saturated carbocycles. The number of non-ortho nitro benzene ring substituents is 1. The zero-order valence-corrected chi connectivity index (χ0v) is 13.7. The highest BCUT2D eigenvalue weighted by atomic mass is 16.6. The summed E-state index contributed by atoms with van der Waals surface area (Å²) in [5, 5.41) is 19.9. The quantitative estimate of drug-likeness (QED) is 0.563. The van der Waals surface area contributed by atoms with Crippen molar-refractivity contribution in [2.75, 3.05) is 6.61 Å². The lowest BCUT2D eigenvalue weighted by atomic mass is 10.1. The normalized spacial score (nSPS) is 19.9. The largest absolute Gasteiger partial charge is 0.394 e. The van der Waals surface area contributed by atoms with Crippen LogP contribution in [0.4, 0.5) is 5.69 Å². The summed E-state index contributed by atoms with van der Waals surface area (Å²) in [4.78, 5) is 27.5. The van der Waals surface area contributed by atoms with Gasteiger partial charge in [0, 0.05) is 30.1 Å². The zero-order chi connectivity index (χ0) is 18.3. The Morgan fingerprint density at radius 1 is 1.27 bits per heavy atom. The fourth-order valence-electron chi connectivity index (χ4n) is 3.14. The highest BCUT2D eigenvalue weighted by Gasteiger charge is 2.27. The average Bonchev–Trinajstić information content (AvgIpc) is 3.29. The smallest absolute Gasteiger partial charge is 0.336 e. The Kier molecular flexibility index (Phi) is 4.02. The van der Waals surface area contributed by atoms with Crippen LogP contribution in [0.1, 0.15) is 19.1 Å². The lowest BCUT2D eigenvalue weighted by Gasteiger charge is -2.14. The first kappa shape index (κ1) is 16.4. The first-order valence-corrected chi connectivity index (χ1v) is 8.18. The number of aliphatic hydroxyl groups excluding tert-OH is 1. The first-order chi connectivity index (χ1) is 12.6. The number of hydrogen-bond acceptors (Lipinski definition) is 6. The second-order valence-corrected chi connectivity index (χ2v) is 6.14. The molecule has 9 nitrogen and oxygen atoms in total. The molecule has 0 radical (unpaired) electrons. The van der Waals surface area contributed by atoms with Crippen LogP contribution in [0.25, 0.3) is 16.9 Å². The summed E-state index contributed by atoms with van der Waals surface area (Å²) in [6.45, 7) is -0.0666. The van der Waals surface area contributed by atoms with Gasteiger partial charge in [-0.2, -0.15) is 0 Å². The van der Waals surface area contributed by atoms with Gasteiger partial charge in [0.15, 0.2) is 0 Å². The summed E-state index contributed by atoms with van der Waals surface area (Å²) >= 11 is 0. The average molecular weight is 356 g/mol. The molecule has 9 heteroatoms. The number of benzene rings is 1. The van der Waals surface area contributed by atoms with Crippen molar-refractivity contribution in [3.05, 3.63) is 63.3 Å². The standard InChI is InChI=1S/C17H16N4O5/c22-10-13-5-6-16(26-13)19-8-7-15-18-14(9-20(15)17(19)23)11-1-3-12(4-2-11)21(24)25/h1-4,7-9,13,16,22H,5-6,10H2/t13-,16+/m1/s1. The fraction of sp³-hybridized carbons (Fsp3) is 0.294. The third kappa shape index (κ3) is 2.76. The van der Waals surface area contributed by atoms with E-state index in [1.807, 2.05) is 0 Å². The minimum absolute atomic E-state index is 0.00307. The highest BCUT2D eigenvalue weighted by Crippen LogP contribution is 2.27. The summed E-state index contributed by atoms with van der Waals surface area (Å²) in [6.07, 6.45) is 3.93. The molecule has 0 amide bonds. The molecule has 26 heavy (non-hydrogen) atoms. The lowest BCUT2D eigenvalue weighted by Crippen LogP contribution is -2.29. The maximum atomic E-state index is 12.8. The molecule has 3 heterocycles. The van der Waals surface area contributed by atoms with Gasteiger partial charge in [-0.05, 0) is 31.0 Å². The summed E-state index contributed by atoms with van der Waals surface area (Å²) in [5.74, 6) is 0. The van der Waals surface area contributed by atoms with Crippen molar-refractivity contribution in [1.29, 1.82) is 0 Å². The highest BCUT2D eigenvalue weighted by molar-refractivity contribution is 5.63. The van der Waals surface area contributed by atoms with E-state index in [0.717, 1.165) is 0 Å². The molecule has 3 aromatic rings. The van der Waals surface area contributed by atoms with Crippen LogP contribution in [0.15, 0.2) is 47.5 Å². The van der Waals surface area contributed by atoms with Gasteiger partial charge in [0.1, 0.15) is 11.9 Å². The third-order valence-corrected chi connectivity index (χ3v) is 4.52. The van der Waals surface area contributed by atoms with Crippen LogP contribution < -0.4 is 5.69 Å². The maximum Gasteiger partial charge on any atom is 0.336 e. The van der Waals surface area contributed by atoms with Gasteiger partial charge in [-0.15, -0.1) is 0 Å². The zero-order valence-electron chi connectivity index (χ0n) is 13.7. The van der Waals surface area contributed by atoms with Crippen LogP contribution in [0, 0.1) is 10.1 Å². The Morgan fingerprint density at radius 2 is 2.04 bits per heavy atom. The van der Waals surface area contributed by atoms with E-state index in [9.17, 15) is 20.0 Å². The molecule has 0 bridgehead atoms. The molecule has 0 unspecified atom stereocenters. The van der Waals surface area contributed by atoms with E-state index >= 15 is 0 Å². The summed E-state index contributed by atoms with van der Waals surface area (Å²) in [5.41, 5.74) is 1.43. The number of rotatable bonds is 4. The molecule has 1 N–H and O–H groups in total. The van der Waals surface area contributed by atoms with Gasteiger partial charge in [-0.1, -0.05) is 0 Å². The van der Waals surface area contributed by atoms with Crippen molar-refractivity contribution in [2.45, 2.75) is 25.2 Å². The number of nitro benzene ring substituents is 1. The van der Waals surface area contributed by atoms with Gasteiger partial charge in [0.05, 0.1) is 23.3 Å². The number of fused-ring (bicyclic) bond motifs is 1. The first-order valence-electron chi connectivity index (χ1n) is 8.18. The van der Waals surface area contributed by atoms with E-state index in [4.69, 9.17) is 4.74 Å². The van der Waals surface area contributed by atoms with Gasteiger partial charge in [-0.25, -0.2) is 9.78 Å². The summed E-state index contributed by atoms with van der Waals surface area (Å²) in [6, 6.07) is 7.72. The maximum absolute atomic E-state index is 12.8. The number of imidazole rings is 1. The molecule has 0 aliphatic carbocycles. The van der Waals surface area contributed by atoms with Gasteiger partial charge < -0.3 is 9.84 Å². The molecule has 1 aromatic carbocycles. The van der Waals surface area contributed by atoms with Gasteiger partial charge in [0.25, 0.3) is 5.69 Å². The number of aliphatic hydroxyl groups is 1. The number of nitro groups is 1. The van der Waals surface area contributed by atoms with Crippen LogP contribution in [0.2, 0.25) is 0 Å².